The molecule has 25 heavy (non-hydrogen) atoms. The van der Waals surface area contributed by atoms with Gasteiger partial charge in [-0.25, -0.2) is 4.39 Å². The number of halogens is 1. The molecule has 0 bridgehead atoms. The van der Waals surface area contributed by atoms with Crippen molar-refractivity contribution in [2.24, 2.45) is 0 Å². The number of aromatic hydroxyl groups is 1. The van der Waals surface area contributed by atoms with Crippen molar-refractivity contribution in [3.63, 3.8) is 0 Å². The maximum atomic E-state index is 13.6. The van der Waals surface area contributed by atoms with Crippen LogP contribution in [0, 0.1) is 5.82 Å². The quantitative estimate of drug-likeness (QED) is 0.623. The minimum Gasteiger partial charge on any atom is -0.508 e. The molecule has 0 saturated carbocycles. The second kappa shape index (κ2) is 7.84. The van der Waals surface area contributed by atoms with Crippen LogP contribution in [0.5, 0.6) is 11.5 Å². The van der Waals surface area contributed by atoms with Crippen molar-refractivity contribution in [1.82, 2.24) is 0 Å². The molecule has 3 heteroatoms. The van der Waals surface area contributed by atoms with E-state index in [0.717, 1.165) is 35.1 Å². The average molecular weight is 336 g/mol. The minimum atomic E-state index is -0.296. The van der Waals surface area contributed by atoms with Gasteiger partial charge >= 0.3 is 0 Å². The van der Waals surface area contributed by atoms with Crippen molar-refractivity contribution in [2.75, 3.05) is 0 Å². The van der Waals surface area contributed by atoms with E-state index >= 15 is 0 Å². The zero-order chi connectivity index (χ0) is 17.6. The summed E-state index contributed by atoms with van der Waals surface area (Å²) < 4.78 is 19.6. The third-order valence-electron chi connectivity index (χ3n) is 4.07. The summed E-state index contributed by atoms with van der Waals surface area (Å²) in [5, 5.41) is 10.1. The maximum Gasteiger partial charge on any atom is 0.127 e. The van der Waals surface area contributed by atoms with Crippen LogP contribution in [0.25, 0.3) is 11.1 Å². The molecule has 0 unspecified atom stereocenters. The number of hydrogen-bond acceptors (Lipinski definition) is 2. The van der Waals surface area contributed by atoms with E-state index < -0.39 is 0 Å². The van der Waals surface area contributed by atoms with Gasteiger partial charge in [0.1, 0.15) is 23.9 Å². The van der Waals surface area contributed by atoms with Crippen LogP contribution in [0.1, 0.15) is 24.5 Å². The first-order chi connectivity index (χ1) is 12.2. The van der Waals surface area contributed by atoms with Gasteiger partial charge < -0.3 is 9.84 Å². The Morgan fingerprint density at radius 1 is 0.960 bits per heavy atom. The highest BCUT2D eigenvalue weighted by Crippen LogP contribution is 2.36. The predicted octanol–water partition coefficient (Wildman–Crippen LogP) is 5.73. The second-order valence-electron chi connectivity index (χ2n) is 6.00. The highest BCUT2D eigenvalue weighted by molar-refractivity contribution is 5.72. The first-order valence-electron chi connectivity index (χ1n) is 8.46. The van der Waals surface area contributed by atoms with E-state index in [2.05, 4.69) is 6.92 Å². The van der Waals surface area contributed by atoms with Crippen molar-refractivity contribution in [2.45, 2.75) is 26.4 Å². The fourth-order valence-corrected chi connectivity index (χ4v) is 2.92. The third kappa shape index (κ3) is 4.18. The Kier molecular flexibility index (Phi) is 5.34. The van der Waals surface area contributed by atoms with E-state index in [1.807, 2.05) is 36.4 Å². The molecule has 0 heterocycles. The van der Waals surface area contributed by atoms with E-state index in [1.165, 1.54) is 12.1 Å². The number of benzene rings is 3. The predicted molar refractivity (Wildman–Crippen MR) is 98.3 cm³/mol. The maximum absolute atomic E-state index is 13.6. The first-order valence-corrected chi connectivity index (χ1v) is 8.46. The summed E-state index contributed by atoms with van der Waals surface area (Å²) in [7, 11) is 0. The Morgan fingerprint density at radius 2 is 1.76 bits per heavy atom. The zero-order valence-electron chi connectivity index (χ0n) is 14.2. The van der Waals surface area contributed by atoms with Crippen molar-refractivity contribution in [3.8, 4) is 22.6 Å². The summed E-state index contributed by atoms with van der Waals surface area (Å²) in [5.74, 6) is 0.460. The second-order valence-corrected chi connectivity index (χ2v) is 6.00. The molecule has 0 spiro atoms. The lowest BCUT2D eigenvalue weighted by Crippen LogP contribution is -2.00. The lowest BCUT2D eigenvalue weighted by Gasteiger charge is -2.17. The number of hydrogen-bond donors (Lipinski definition) is 1. The van der Waals surface area contributed by atoms with Gasteiger partial charge in [-0.05, 0) is 41.3 Å². The Balaban J connectivity index is 1.99. The topological polar surface area (TPSA) is 29.5 Å². The lowest BCUT2D eigenvalue weighted by molar-refractivity contribution is 0.301. The molecular weight excluding hydrogens is 315 g/mol. The molecule has 0 aliphatic heterocycles. The molecule has 0 saturated heterocycles. The monoisotopic (exact) mass is 336 g/mol. The van der Waals surface area contributed by atoms with Gasteiger partial charge in [-0.15, -0.1) is 0 Å². The molecule has 3 aromatic carbocycles. The van der Waals surface area contributed by atoms with Gasteiger partial charge in [0, 0.05) is 11.6 Å². The number of phenolic OH excluding ortho intramolecular Hbond substituents is 1. The van der Waals surface area contributed by atoms with E-state index in [1.54, 1.807) is 18.2 Å². The Labute approximate surface area is 147 Å². The highest BCUT2D eigenvalue weighted by Gasteiger charge is 2.14. The summed E-state index contributed by atoms with van der Waals surface area (Å²) >= 11 is 0. The molecule has 0 aliphatic rings. The molecule has 1 N–H and O–H groups in total. The molecule has 3 aromatic rings. The molecule has 0 atom stereocenters. The van der Waals surface area contributed by atoms with E-state index in [4.69, 9.17) is 4.74 Å². The Bertz CT molecular complexity index is 844. The van der Waals surface area contributed by atoms with Gasteiger partial charge in [0.25, 0.3) is 0 Å². The van der Waals surface area contributed by atoms with Gasteiger partial charge in [0.2, 0.25) is 0 Å². The van der Waals surface area contributed by atoms with Crippen LogP contribution >= 0.6 is 0 Å². The zero-order valence-corrected chi connectivity index (χ0v) is 14.2. The van der Waals surface area contributed by atoms with Crippen LogP contribution in [0.3, 0.4) is 0 Å². The van der Waals surface area contributed by atoms with Gasteiger partial charge in [0.15, 0.2) is 0 Å². The smallest absolute Gasteiger partial charge is 0.127 e. The Morgan fingerprint density at radius 3 is 2.48 bits per heavy atom. The van der Waals surface area contributed by atoms with Gasteiger partial charge in [-0.1, -0.05) is 55.8 Å². The SMILES string of the molecule is CCCc1c(OCc2ccccc2)cc(O)cc1-c1cccc(F)c1. The molecule has 2 nitrogen and oxygen atoms in total. The number of phenols is 1. The first kappa shape index (κ1) is 17.0. The summed E-state index contributed by atoms with van der Waals surface area (Å²) in [4.78, 5) is 0. The van der Waals surface area contributed by atoms with Crippen LogP contribution in [0.4, 0.5) is 4.39 Å². The average Bonchev–Trinajstić information content (AvgIpc) is 2.62. The Hall–Kier alpha value is -2.81. The van der Waals surface area contributed by atoms with Crippen LogP contribution in [0.2, 0.25) is 0 Å². The van der Waals surface area contributed by atoms with E-state index in [-0.39, 0.29) is 11.6 Å². The fourth-order valence-electron chi connectivity index (χ4n) is 2.92. The normalized spacial score (nSPS) is 10.6. The van der Waals surface area contributed by atoms with Crippen LogP contribution < -0.4 is 4.74 Å². The summed E-state index contributed by atoms with van der Waals surface area (Å²) in [6, 6.07) is 19.6. The number of ether oxygens (including phenoxy) is 1. The molecular formula is C22H21FO2. The molecule has 128 valence electrons. The van der Waals surface area contributed by atoms with Crippen molar-refractivity contribution in [3.05, 3.63) is 83.7 Å². The van der Waals surface area contributed by atoms with Crippen molar-refractivity contribution >= 4 is 0 Å². The molecule has 0 radical (unpaired) electrons. The van der Waals surface area contributed by atoms with E-state index in [0.29, 0.717) is 12.4 Å². The summed E-state index contributed by atoms with van der Waals surface area (Å²) in [6.45, 7) is 2.51. The fraction of sp³-hybridized carbons (Fsp3) is 0.182. The van der Waals surface area contributed by atoms with Crippen molar-refractivity contribution in [1.29, 1.82) is 0 Å². The van der Waals surface area contributed by atoms with Gasteiger partial charge in [-0.3, -0.25) is 0 Å². The lowest BCUT2D eigenvalue weighted by atomic mass is 9.95. The molecule has 0 fully saturated rings. The molecule has 0 aliphatic carbocycles. The van der Waals surface area contributed by atoms with Gasteiger partial charge in [0.05, 0.1) is 0 Å². The summed E-state index contributed by atoms with van der Waals surface area (Å²) in [6.07, 6.45) is 1.71. The van der Waals surface area contributed by atoms with Crippen LogP contribution in [-0.2, 0) is 13.0 Å². The third-order valence-corrected chi connectivity index (χ3v) is 4.07. The van der Waals surface area contributed by atoms with E-state index in [9.17, 15) is 9.50 Å². The van der Waals surface area contributed by atoms with Gasteiger partial charge in [-0.2, -0.15) is 0 Å². The van der Waals surface area contributed by atoms with Crippen LogP contribution in [0.15, 0.2) is 66.7 Å². The van der Waals surface area contributed by atoms with Crippen LogP contribution in [-0.4, -0.2) is 5.11 Å². The molecule has 0 aromatic heterocycles. The molecule has 3 rings (SSSR count). The largest absolute Gasteiger partial charge is 0.508 e. The minimum absolute atomic E-state index is 0.113. The highest BCUT2D eigenvalue weighted by atomic mass is 19.1. The standard InChI is InChI=1S/C22H21FO2/c1-2-7-20-21(17-10-6-11-18(23)12-17)13-19(24)14-22(20)25-15-16-8-4-3-5-9-16/h3-6,8-14,24H,2,7,15H2,1H3. The molecule has 0 amide bonds. The van der Waals surface area contributed by atoms with Crippen molar-refractivity contribution < 1.29 is 14.2 Å². The summed E-state index contributed by atoms with van der Waals surface area (Å²) in [5.41, 5.74) is 3.59. The number of rotatable bonds is 6.